The number of benzene rings is 2. The van der Waals surface area contributed by atoms with E-state index in [9.17, 15) is 9.59 Å². The molecule has 0 aliphatic carbocycles. The van der Waals surface area contributed by atoms with Crippen LogP contribution in [0.1, 0.15) is 39.9 Å². The second-order valence-corrected chi connectivity index (χ2v) is 7.55. The van der Waals surface area contributed by atoms with Crippen LogP contribution in [0.2, 0.25) is 0 Å². The highest BCUT2D eigenvalue weighted by atomic mass is 16.3. The largest absolute Gasteiger partial charge is 0.392 e. The average molecular weight is 380 g/mol. The van der Waals surface area contributed by atoms with Gasteiger partial charge in [-0.3, -0.25) is 9.59 Å². The molecule has 1 atom stereocenters. The SMILES string of the molecule is Cc1ccc(C(=O)NCCC(=O)N2CCC(Cc3ccc(CO)cc3)C2)cc1. The summed E-state index contributed by atoms with van der Waals surface area (Å²) < 4.78 is 0. The molecule has 5 nitrogen and oxygen atoms in total. The Morgan fingerprint density at radius 2 is 1.75 bits per heavy atom. The molecule has 0 bridgehead atoms. The summed E-state index contributed by atoms with van der Waals surface area (Å²) in [6, 6.07) is 15.4. The molecular formula is C23H28N2O3. The van der Waals surface area contributed by atoms with Gasteiger partial charge in [-0.1, -0.05) is 42.0 Å². The van der Waals surface area contributed by atoms with E-state index in [0.717, 1.165) is 37.1 Å². The van der Waals surface area contributed by atoms with Crippen LogP contribution in [0.15, 0.2) is 48.5 Å². The van der Waals surface area contributed by atoms with Gasteiger partial charge in [0, 0.05) is 31.6 Å². The van der Waals surface area contributed by atoms with Crippen molar-refractivity contribution >= 4 is 11.8 Å². The molecule has 2 aromatic carbocycles. The van der Waals surface area contributed by atoms with E-state index in [-0.39, 0.29) is 18.4 Å². The first kappa shape index (κ1) is 20.1. The highest BCUT2D eigenvalue weighted by Gasteiger charge is 2.26. The highest BCUT2D eigenvalue weighted by Crippen LogP contribution is 2.21. The van der Waals surface area contributed by atoms with Crippen LogP contribution in [0.4, 0.5) is 0 Å². The fourth-order valence-corrected chi connectivity index (χ4v) is 3.59. The van der Waals surface area contributed by atoms with E-state index in [1.54, 1.807) is 12.1 Å². The van der Waals surface area contributed by atoms with Crippen molar-refractivity contribution in [1.82, 2.24) is 10.2 Å². The molecule has 1 aliphatic heterocycles. The molecule has 1 saturated heterocycles. The first-order valence-corrected chi connectivity index (χ1v) is 9.86. The zero-order valence-corrected chi connectivity index (χ0v) is 16.4. The van der Waals surface area contributed by atoms with Gasteiger partial charge >= 0.3 is 0 Å². The van der Waals surface area contributed by atoms with Crippen LogP contribution < -0.4 is 5.32 Å². The van der Waals surface area contributed by atoms with Crippen molar-refractivity contribution in [3.8, 4) is 0 Å². The summed E-state index contributed by atoms with van der Waals surface area (Å²) in [6.45, 7) is 3.95. The predicted octanol–water partition coefficient (Wildman–Crippen LogP) is 2.70. The fourth-order valence-electron chi connectivity index (χ4n) is 3.59. The molecule has 2 aromatic rings. The molecule has 148 valence electrons. The summed E-state index contributed by atoms with van der Waals surface area (Å²) in [4.78, 5) is 26.5. The number of hydrogen-bond donors (Lipinski definition) is 2. The molecule has 5 heteroatoms. The minimum absolute atomic E-state index is 0.0619. The predicted molar refractivity (Wildman–Crippen MR) is 109 cm³/mol. The second-order valence-electron chi connectivity index (χ2n) is 7.55. The van der Waals surface area contributed by atoms with Crippen LogP contribution >= 0.6 is 0 Å². The zero-order chi connectivity index (χ0) is 19.9. The Bertz CT molecular complexity index is 800. The lowest BCUT2D eigenvalue weighted by Gasteiger charge is -2.17. The lowest BCUT2D eigenvalue weighted by molar-refractivity contribution is -0.130. The quantitative estimate of drug-likeness (QED) is 0.776. The van der Waals surface area contributed by atoms with Gasteiger partial charge < -0.3 is 15.3 Å². The summed E-state index contributed by atoms with van der Waals surface area (Å²) in [5.74, 6) is 0.423. The molecule has 28 heavy (non-hydrogen) atoms. The normalized spacial score (nSPS) is 16.2. The van der Waals surface area contributed by atoms with Gasteiger partial charge in [0.15, 0.2) is 0 Å². The van der Waals surface area contributed by atoms with E-state index >= 15 is 0 Å². The molecule has 0 spiro atoms. The monoisotopic (exact) mass is 380 g/mol. The maximum atomic E-state index is 12.4. The Morgan fingerprint density at radius 1 is 1.07 bits per heavy atom. The fraction of sp³-hybridized carbons (Fsp3) is 0.391. The molecule has 0 saturated carbocycles. The molecule has 1 fully saturated rings. The Balaban J connectivity index is 1.40. The summed E-state index contributed by atoms with van der Waals surface area (Å²) >= 11 is 0. The van der Waals surface area contributed by atoms with E-state index in [2.05, 4.69) is 17.4 Å². The molecule has 1 aliphatic rings. The minimum Gasteiger partial charge on any atom is -0.392 e. The number of nitrogens with one attached hydrogen (secondary N) is 1. The van der Waals surface area contributed by atoms with E-state index < -0.39 is 0 Å². The number of rotatable bonds is 7. The number of carbonyl (C=O) groups excluding carboxylic acids is 2. The van der Waals surface area contributed by atoms with E-state index in [1.807, 2.05) is 36.1 Å². The van der Waals surface area contributed by atoms with Crippen molar-refractivity contribution in [2.24, 2.45) is 5.92 Å². The third-order valence-corrected chi connectivity index (χ3v) is 5.31. The Morgan fingerprint density at radius 3 is 2.43 bits per heavy atom. The second kappa shape index (κ2) is 9.51. The van der Waals surface area contributed by atoms with Crippen LogP contribution in [0.25, 0.3) is 0 Å². The van der Waals surface area contributed by atoms with Crippen molar-refractivity contribution in [1.29, 1.82) is 0 Å². The number of aliphatic hydroxyl groups is 1. The van der Waals surface area contributed by atoms with Gasteiger partial charge in [0.25, 0.3) is 5.91 Å². The molecule has 3 rings (SSSR count). The summed E-state index contributed by atoms with van der Waals surface area (Å²) in [5.41, 5.74) is 3.88. The molecule has 1 unspecified atom stereocenters. The number of hydrogen-bond acceptors (Lipinski definition) is 3. The zero-order valence-electron chi connectivity index (χ0n) is 16.4. The first-order chi connectivity index (χ1) is 13.5. The third-order valence-electron chi connectivity index (χ3n) is 5.31. The summed E-state index contributed by atoms with van der Waals surface area (Å²) in [5, 5.41) is 11.9. The topological polar surface area (TPSA) is 69.6 Å². The lowest BCUT2D eigenvalue weighted by Crippen LogP contribution is -2.33. The molecule has 2 N–H and O–H groups in total. The van der Waals surface area contributed by atoms with Gasteiger partial charge in [0.05, 0.1) is 6.61 Å². The van der Waals surface area contributed by atoms with E-state index in [1.165, 1.54) is 5.56 Å². The van der Waals surface area contributed by atoms with Crippen molar-refractivity contribution in [3.63, 3.8) is 0 Å². The highest BCUT2D eigenvalue weighted by molar-refractivity contribution is 5.94. The van der Waals surface area contributed by atoms with Crippen molar-refractivity contribution in [2.75, 3.05) is 19.6 Å². The van der Waals surface area contributed by atoms with Crippen molar-refractivity contribution in [3.05, 3.63) is 70.8 Å². The number of amides is 2. The van der Waals surface area contributed by atoms with Gasteiger partial charge in [-0.2, -0.15) is 0 Å². The molecule has 0 aromatic heterocycles. The molecule has 0 radical (unpaired) electrons. The average Bonchev–Trinajstić information content (AvgIpc) is 3.17. The van der Waals surface area contributed by atoms with Crippen LogP contribution in [-0.4, -0.2) is 41.5 Å². The number of nitrogens with zero attached hydrogens (tertiary/aromatic N) is 1. The van der Waals surface area contributed by atoms with Gasteiger partial charge in [-0.05, 0) is 48.9 Å². The van der Waals surface area contributed by atoms with E-state index in [4.69, 9.17) is 5.11 Å². The standard InChI is InChI=1S/C23H28N2O3/c1-17-2-8-21(9-3-17)23(28)24-12-10-22(27)25-13-11-20(15-25)14-18-4-6-19(16-26)7-5-18/h2-9,20,26H,10-16H2,1H3,(H,24,28). The number of likely N-dealkylation sites (tertiary alicyclic amines) is 1. The Labute approximate surface area is 166 Å². The number of aryl methyl sites for hydroxylation is 1. The van der Waals surface area contributed by atoms with E-state index in [0.29, 0.717) is 24.4 Å². The lowest BCUT2D eigenvalue weighted by atomic mass is 9.98. The maximum absolute atomic E-state index is 12.4. The van der Waals surface area contributed by atoms with Crippen molar-refractivity contribution in [2.45, 2.75) is 32.8 Å². The first-order valence-electron chi connectivity index (χ1n) is 9.86. The Kier molecular flexibility index (Phi) is 6.82. The van der Waals surface area contributed by atoms with Gasteiger partial charge in [0.2, 0.25) is 5.91 Å². The minimum atomic E-state index is -0.140. The smallest absolute Gasteiger partial charge is 0.251 e. The Hall–Kier alpha value is -2.66. The van der Waals surface area contributed by atoms with Gasteiger partial charge in [-0.15, -0.1) is 0 Å². The molecule has 2 amide bonds. The third kappa shape index (κ3) is 5.42. The number of carbonyl (C=O) groups is 2. The van der Waals surface area contributed by atoms with Crippen LogP contribution in [0.5, 0.6) is 0 Å². The summed E-state index contributed by atoms with van der Waals surface area (Å²) in [7, 11) is 0. The van der Waals surface area contributed by atoms with Crippen LogP contribution in [0, 0.1) is 12.8 Å². The molecule has 1 heterocycles. The summed E-state index contributed by atoms with van der Waals surface area (Å²) in [6.07, 6.45) is 2.28. The van der Waals surface area contributed by atoms with Crippen LogP contribution in [0.3, 0.4) is 0 Å². The van der Waals surface area contributed by atoms with Gasteiger partial charge in [-0.25, -0.2) is 0 Å². The van der Waals surface area contributed by atoms with Crippen LogP contribution in [-0.2, 0) is 17.8 Å². The van der Waals surface area contributed by atoms with Crippen molar-refractivity contribution < 1.29 is 14.7 Å². The maximum Gasteiger partial charge on any atom is 0.251 e. The number of aliphatic hydroxyl groups excluding tert-OH is 1. The van der Waals surface area contributed by atoms with Gasteiger partial charge in [0.1, 0.15) is 0 Å². The molecular weight excluding hydrogens is 352 g/mol.